The number of nitrogens with one attached hydrogen (secondary N) is 1. The van der Waals surface area contributed by atoms with Crippen molar-refractivity contribution in [1.29, 1.82) is 0 Å². The topological polar surface area (TPSA) is 138 Å². The average molecular weight is 367 g/mol. The van der Waals surface area contributed by atoms with Crippen molar-refractivity contribution in [2.24, 2.45) is 0 Å². The molecule has 1 atom stereocenters. The molecule has 1 N–H and O–H groups in total. The van der Waals surface area contributed by atoms with Crippen molar-refractivity contribution in [1.82, 2.24) is 4.98 Å². The van der Waals surface area contributed by atoms with Crippen molar-refractivity contribution in [3.63, 3.8) is 0 Å². The third kappa shape index (κ3) is 4.38. The minimum absolute atomic E-state index is 0.0250. The van der Waals surface area contributed by atoms with Crippen LogP contribution in [0.15, 0.2) is 36.5 Å². The summed E-state index contributed by atoms with van der Waals surface area (Å²) < 4.78 is 5.27. The van der Waals surface area contributed by atoms with Gasteiger partial charge in [-0.05, 0) is 35.0 Å². The van der Waals surface area contributed by atoms with Crippen LogP contribution in [-0.4, -0.2) is 26.8 Å². The fourth-order valence-corrected chi connectivity index (χ4v) is 1.98. The number of aromatic nitrogens is 1. The second-order valence-corrected chi connectivity index (χ2v) is 5.16. The molecule has 0 saturated heterocycles. The van der Waals surface area contributed by atoms with Crippen LogP contribution in [0.4, 0.5) is 17.2 Å². The van der Waals surface area contributed by atoms with Gasteiger partial charge in [0.1, 0.15) is 6.20 Å². The molecule has 130 valence electrons. The summed E-state index contributed by atoms with van der Waals surface area (Å²) in [7, 11) is 0. The van der Waals surface area contributed by atoms with Crippen LogP contribution in [0.1, 0.15) is 6.92 Å². The van der Waals surface area contributed by atoms with Gasteiger partial charge in [0.2, 0.25) is 5.75 Å². The maximum atomic E-state index is 12.2. The van der Waals surface area contributed by atoms with E-state index < -0.39 is 27.7 Å². The first-order valence-electron chi connectivity index (χ1n) is 6.80. The Morgan fingerprint density at radius 2 is 2.00 bits per heavy atom. The number of benzene rings is 1. The number of carbonyl (C=O) groups excluding carboxylic acids is 1. The molecule has 0 saturated carbocycles. The monoisotopic (exact) mass is 366 g/mol. The van der Waals surface area contributed by atoms with E-state index in [9.17, 15) is 25.0 Å². The Hall–Kier alpha value is -3.27. The Balaban J connectivity index is 2.15. The Kier molecular flexibility index (Phi) is 5.45. The number of pyridine rings is 1. The first-order chi connectivity index (χ1) is 11.8. The summed E-state index contributed by atoms with van der Waals surface area (Å²) in [6.07, 6.45) is 0.0803. The van der Waals surface area contributed by atoms with Crippen LogP contribution in [0, 0.1) is 20.2 Å². The van der Waals surface area contributed by atoms with Crippen LogP contribution in [0.3, 0.4) is 0 Å². The predicted octanol–water partition coefficient (Wildman–Crippen LogP) is 2.96. The molecule has 11 heteroatoms. The third-order valence-corrected chi connectivity index (χ3v) is 3.34. The number of nitro groups is 2. The van der Waals surface area contributed by atoms with Gasteiger partial charge >= 0.3 is 5.82 Å². The lowest BCUT2D eigenvalue weighted by molar-refractivity contribution is -0.390. The summed E-state index contributed by atoms with van der Waals surface area (Å²) in [6.45, 7) is 1.36. The fraction of sp³-hybridized carbons (Fsp3) is 0.143. The number of nitrogens with zero attached hydrogens (tertiary/aromatic N) is 3. The second kappa shape index (κ2) is 7.53. The number of rotatable bonds is 6. The smallest absolute Gasteiger partial charge is 0.406 e. The van der Waals surface area contributed by atoms with Gasteiger partial charge in [0.25, 0.3) is 11.6 Å². The quantitative estimate of drug-likeness (QED) is 0.612. The first-order valence-corrected chi connectivity index (χ1v) is 7.18. The highest BCUT2D eigenvalue weighted by Crippen LogP contribution is 2.28. The van der Waals surface area contributed by atoms with Crippen LogP contribution in [0.25, 0.3) is 0 Å². The van der Waals surface area contributed by atoms with Gasteiger partial charge in [0.15, 0.2) is 6.10 Å². The molecule has 2 rings (SSSR count). The second-order valence-electron chi connectivity index (χ2n) is 4.75. The van der Waals surface area contributed by atoms with E-state index in [1.54, 1.807) is 0 Å². The lowest BCUT2D eigenvalue weighted by Crippen LogP contribution is -2.30. The molecule has 1 amide bonds. The number of amides is 1. The highest BCUT2D eigenvalue weighted by atomic mass is 35.5. The van der Waals surface area contributed by atoms with Gasteiger partial charge in [-0.25, -0.2) is 0 Å². The molecular weight excluding hydrogens is 356 g/mol. The lowest BCUT2D eigenvalue weighted by atomic mass is 10.2. The van der Waals surface area contributed by atoms with Gasteiger partial charge in [-0.2, -0.15) is 0 Å². The molecule has 10 nitrogen and oxygen atoms in total. The number of nitro benzene ring substituents is 1. The van der Waals surface area contributed by atoms with Crippen molar-refractivity contribution in [2.45, 2.75) is 13.0 Å². The third-order valence-electron chi connectivity index (χ3n) is 3.02. The molecule has 2 aromatic rings. The van der Waals surface area contributed by atoms with Crippen molar-refractivity contribution in [3.05, 3.63) is 61.8 Å². The van der Waals surface area contributed by atoms with Crippen LogP contribution in [0.2, 0.25) is 5.02 Å². The molecular formula is C14H11ClN4O6. The molecule has 0 fully saturated rings. The van der Waals surface area contributed by atoms with Crippen molar-refractivity contribution in [2.75, 3.05) is 5.32 Å². The largest absolute Gasteiger partial charge is 0.473 e. The summed E-state index contributed by atoms with van der Waals surface area (Å²) in [4.78, 5) is 36.0. The fourth-order valence-electron chi connectivity index (χ4n) is 1.81. The predicted molar refractivity (Wildman–Crippen MR) is 87.7 cm³/mol. The molecule has 0 aliphatic heterocycles. The number of anilines is 1. The summed E-state index contributed by atoms with van der Waals surface area (Å²) in [5.74, 6) is -1.41. The summed E-state index contributed by atoms with van der Waals surface area (Å²) in [5, 5.41) is 24.2. The van der Waals surface area contributed by atoms with Gasteiger partial charge in [-0.3, -0.25) is 14.9 Å². The number of non-ortho nitro benzene ring substituents is 1. The van der Waals surface area contributed by atoms with Crippen LogP contribution in [0.5, 0.6) is 5.75 Å². The molecule has 1 unspecified atom stereocenters. The van der Waals surface area contributed by atoms with Gasteiger partial charge in [-0.15, -0.1) is 0 Å². The molecule has 0 bridgehead atoms. The Bertz CT molecular complexity index is 844. The van der Waals surface area contributed by atoms with Crippen LogP contribution >= 0.6 is 11.6 Å². The molecule has 1 aromatic heterocycles. The van der Waals surface area contributed by atoms with E-state index in [1.165, 1.54) is 37.4 Å². The minimum Gasteiger partial charge on any atom is -0.473 e. The zero-order chi connectivity index (χ0) is 18.6. The van der Waals surface area contributed by atoms with Gasteiger partial charge in [-0.1, -0.05) is 11.6 Å². The summed E-state index contributed by atoms with van der Waals surface area (Å²) in [6, 6.07) is 6.28. The van der Waals surface area contributed by atoms with Gasteiger partial charge < -0.3 is 20.2 Å². The van der Waals surface area contributed by atoms with Gasteiger partial charge in [0.05, 0.1) is 15.6 Å². The van der Waals surface area contributed by atoms with Crippen LogP contribution < -0.4 is 10.1 Å². The first kappa shape index (κ1) is 18.1. The van der Waals surface area contributed by atoms with Crippen molar-refractivity contribution >= 4 is 34.7 Å². The molecule has 1 aromatic carbocycles. The van der Waals surface area contributed by atoms with Crippen molar-refractivity contribution in [3.8, 4) is 5.75 Å². The Morgan fingerprint density at radius 3 is 2.64 bits per heavy atom. The Labute approximate surface area is 145 Å². The number of ether oxygens (including phenoxy) is 1. The number of halogens is 1. The zero-order valence-electron chi connectivity index (χ0n) is 12.7. The molecule has 0 aliphatic carbocycles. The number of carbonyl (C=O) groups is 1. The van der Waals surface area contributed by atoms with E-state index in [-0.39, 0.29) is 22.1 Å². The van der Waals surface area contributed by atoms with E-state index in [0.29, 0.717) is 0 Å². The molecule has 25 heavy (non-hydrogen) atoms. The lowest BCUT2D eigenvalue weighted by Gasteiger charge is -2.14. The van der Waals surface area contributed by atoms with E-state index in [1.807, 2.05) is 0 Å². The van der Waals surface area contributed by atoms with E-state index >= 15 is 0 Å². The highest BCUT2D eigenvalue weighted by Gasteiger charge is 2.23. The highest BCUT2D eigenvalue weighted by molar-refractivity contribution is 6.33. The molecule has 1 heterocycles. The minimum atomic E-state index is -1.14. The van der Waals surface area contributed by atoms with E-state index in [0.717, 1.165) is 6.07 Å². The molecule has 0 aliphatic rings. The normalized spacial score (nSPS) is 11.4. The average Bonchev–Trinajstić information content (AvgIpc) is 2.56. The SMILES string of the molecule is CC(Oc1cccnc1[N+](=O)[O-])C(=O)Nc1cc([N+](=O)[O-])ccc1Cl. The van der Waals surface area contributed by atoms with E-state index in [4.69, 9.17) is 16.3 Å². The maximum Gasteiger partial charge on any atom is 0.406 e. The summed E-state index contributed by atoms with van der Waals surface area (Å²) in [5.41, 5.74) is -0.229. The van der Waals surface area contributed by atoms with Gasteiger partial charge in [0, 0.05) is 12.1 Å². The maximum absolute atomic E-state index is 12.2. The zero-order valence-corrected chi connectivity index (χ0v) is 13.5. The molecule has 0 radical (unpaired) electrons. The Morgan fingerprint density at radius 1 is 1.28 bits per heavy atom. The molecule has 0 spiro atoms. The van der Waals surface area contributed by atoms with E-state index in [2.05, 4.69) is 10.3 Å². The number of hydrogen-bond acceptors (Lipinski definition) is 7. The summed E-state index contributed by atoms with van der Waals surface area (Å²) >= 11 is 5.90. The van der Waals surface area contributed by atoms with Crippen molar-refractivity contribution < 1.29 is 19.4 Å². The number of hydrogen-bond donors (Lipinski definition) is 1. The van der Waals surface area contributed by atoms with Crippen LogP contribution in [-0.2, 0) is 4.79 Å². The standard InChI is InChI=1S/C14H11ClN4O6/c1-8(25-12-3-2-6-16-13(12)19(23)24)14(20)17-11-7-9(18(21)22)4-5-10(11)15/h2-8H,1H3,(H,17,20).